The summed E-state index contributed by atoms with van der Waals surface area (Å²) in [6.45, 7) is 3.00. The second-order valence-corrected chi connectivity index (χ2v) is 4.68. The number of pyridine rings is 1. The molecule has 0 atom stereocenters. The molecule has 0 aliphatic heterocycles. The Labute approximate surface area is 122 Å². The largest absolute Gasteiger partial charge is 0.492 e. The van der Waals surface area contributed by atoms with Crippen molar-refractivity contribution in [3.05, 3.63) is 48.2 Å². The van der Waals surface area contributed by atoms with Crippen LogP contribution in [0.4, 0.5) is 11.6 Å². The number of aryl methyl sites for hydroxylation is 1. The van der Waals surface area contributed by atoms with Gasteiger partial charge < -0.3 is 15.8 Å². The molecule has 0 amide bonds. The Morgan fingerprint density at radius 3 is 3.00 bits per heavy atom. The molecule has 0 saturated carbocycles. The van der Waals surface area contributed by atoms with E-state index in [2.05, 4.69) is 15.4 Å². The van der Waals surface area contributed by atoms with Crippen LogP contribution >= 0.6 is 0 Å². The molecule has 3 aromatic rings. The number of nitrogens with two attached hydrogens (primary N) is 1. The Balaban J connectivity index is 1.83. The first-order chi connectivity index (χ1) is 10.3. The van der Waals surface area contributed by atoms with E-state index in [-0.39, 0.29) is 0 Å². The second-order valence-electron chi connectivity index (χ2n) is 4.68. The predicted molar refractivity (Wildman–Crippen MR) is 82.0 cm³/mol. The van der Waals surface area contributed by atoms with Gasteiger partial charge in [-0.2, -0.15) is 4.98 Å². The molecule has 0 unspecified atom stereocenters. The number of anilines is 2. The van der Waals surface area contributed by atoms with E-state index in [9.17, 15) is 0 Å². The van der Waals surface area contributed by atoms with Gasteiger partial charge in [0.05, 0.1) is 0 Å². The average Bonchev–Trinajstić information content (AvgIpc) is 2.89. The first-order valence-corrected chi connectivity index (χ1v) is 6.78. The van der Waals surface area contributed by atoms with Gasteiger partial charge in [0, 0.05) is 24.5 Å². The van der Waals surface area contributed by atoms with Crippen molar-refractivity contribution in [1.82, 2.24) is 14.6 Å². The van der Waals surface area contributed by atoms with Gasteiger partial charge in [0.1, 0.15) is 12.4 Å². The number of aromatic nitrogens is 3. The van der Waals surface area contributed by atoms with Crippen LogP contribution in [-0.4, -0.2) is 27.7 Å². The minimum absolute atomic E-state index is 0.491. The Hall–Kier alpha value is -2.60. The van der Waals surface area contributed by atoms with E-state index in [1.54, 1.807) is 4.52 Å². The molecule has 0 bridgehead atoms. The summed E-state index contributed by atoms with van der Waals surface area (Å²) in [4.78, 5) is 4.48. The van der Waals surface area contributed by atoms with Gasteiger partial charge in [-0.05, 0) is 30.7 Å². The third-order valence-electron chi connectivity index (χ3n) is 3.03. The van der Waals surface area contributed by atoms with Gasteiger partial charge >= 0.3 is 0 Å². The lowest BCUT2D eigenvalue weighted by molar-refractivity contribution is 0.328. The summed E-state index contributed by atoms with van der Waals surface area (Å²) in [6.07, 6.45) is 1.88. The molecule has 0 spiro atoms. The van der Waals surface area contributed by atoms with Gasteiger partial charge in [0.2, 0.25) is 5.95 Å². The average molecular weight is 283 g/mol. The Bertz CT molecular complexity index is 753. The van der Waals surface area contributed by atoms with Crippen LogP contribution in [0.2, 0.25) is 0 Å². The quantitative estimate of drug-likeness (QED) is 0.750. The summed E-state index contributed by atoms with van der Waals surface area (Å²) in [5.41, 5.74) is 8.23. The number of benzene rings is 1. The van der Waals surface area contributed by atoms with Gasteiger partial charge in [-0.1, -0.05) is 12.1 Å². The zero-order chi connectivity index (χ0) is 14.7. The highest BCUT2D eigenvalue weighted by Crippen LogP contribution is 2.20. The third kappa shape index (κ3) is 2.95. The molecule has 2 heterocycles. The molecule has 0 radical (unpaired) electrons. The van der Waals surface area contributed by atoms with E-state index < -0.39 is 0 Å². The topological polar surface area (TPSA) is 77.5 Å². The second kappa shape index (κ2) is 5.80. The molecular weight excluding hydrogens is 266 g/mol. The molecule has 0 aliphatic rings. The van der Waals surface area contributed by atoms with Crippen LogP contribution in [0, 0.1) is 6.92 Å². The van der Waals surface area contributed by atoms with Crippen LogP contribution in [0.1, 0.15) is 5.56 Å². The summed E-state index contributed by atoms with van der Waals surface area (Å²) in [5, 5.41) is 7.58. The van der Waals surface area contributed by atoms with E-state index >= 15 is 0 Å². The Morgan fingerprint density at radius 1 is 1.29 bits per heavy atom. The van der Waals surface area contributed by atoms with E-state index in [1.807, 2.05) is 49.5 Å². The van der Waals surface area contributed by atoms with Crippen LogP contribution in [0.3, 0.4) is 0 Å². The van der Waals surface area contributed by atoms with E-state index in [1.165, 1.54) is 0 Å². The smallest absolute Gasteiger partial charge is 0.247 e. The summed E-state index contributed by atoms with van der Waals surface area (Å²) in [7, 11) is 0. The van der Waals surface area contributed by atoms with Crippen molar-refractivity contribution < 1.29 is 4.74 Å². The van der Waals surface area contributed by atoms with Crippen molar-refractivity contribution in [3.63, 3.8) is 0 Å². The van der Waals surface area contributed by atoms with Crippen molar-refractivity contribution in [2.75, 3.05) is 18.5 Å². The standard InChI is InChI=1S/C15H17N5O/c1-11-4-3-8-20-14(11)18-15(19-20)17-12-5-2-6-13(10-12)21-9-7-16/h2-6,8,10H,7,9,16H2,1H3,(H,17,19). The minimum atomic E-state index is 0.491. The zero-order valence-corrected chi connectivity index (χ0v) is 11.8. The lowest BCUT2D eigenvalue weighted by Gasteiger charge is -2.06. The normalized spacial score (nSPS) is 10.8. The first kappa shape index (κ1) is 13.4. The fraction of sp³-hybridized carbons (Fsp3) is 0.200. The number of nitrogens with zero attached hydrogens (tertiary/aromatic N) is 3. The fourth-order valence-corrected chi connectivity index (χ4v) is 2.06. The molecule has 0 fully saturated rings. The summed E-state index contributed by atoms with van der Waals surface area (Å²) in [5.74, 6) is 1.32. The van der Waals surface area contributed by atoms with Crippen LogP contribution in [0.15, 0.2) is 42.6 Å². The molecule has 6 nitrogen and oxygen atoms in total. The molecule has 6 heteroatoms. The predicted octanol–water partition coefficient (Wildman–Crippen LogP) is 2.12. The lowest BCUT2D eigenvalue weighted by Crippen LogP contribution is -2.10. The Morgan fingerprint density at radius 2 is 2.19 bits per heavy atom. The van der Waals surface area contributed by atoms with Crippen molar-refractivity contribution in [2.45, 2.75) is 6.92 Å². The zero-order valence-electron chi connectivity index (χ0n) is 11.8. The molecule has 1 aromatic carbocycles. The molecule has 0 saturated heterocycles. The van der Waals surface area contributed by atoms with Crippen LogP contribution < -0.4 is 15.8 Å². The Kier molecular flexibility index (Phi) is 3.70. The SMILES string of the molecule is Cc1cccn2nc(Nc3cccc(OCCN)c3)nc12. The third-order valence-corrected chi connectivity index (χ3v) is 3.03. The van der Waals surface area contributed by atoms with Crippen molar-refractivity contribution in [2.24, 2.45) is 5.73 Å². The number of rotatable bonds is 5. The maximum atomic E-state index is 5.50. The van der Waals surface area contributed by atoms with E-state index in [4.69, 9.17) is 10.5 Å². The molecule has 3 N–H and O–H groups in total. The fourth-order valence-electron chi connectivity index (χ4n) is 2.06. The monoisotopic (exact) mass is 283 g/mol. The van der Waals surface area contributed by atoms with E-state index in [0.717, 1.165) is 22.6 Å². The molecule has 0 aliphatic carbocycles. The number of nitrogens with one attached hydrogen (secondary N) is 1. The first-order valence-electron chi connectivity index (χ1n) is 6.78. The molecule has 21 heavy (non-hydrogen) atoms. The summed E-state index contributed by atoms with van der Waals surface area (Å²) >= 11 is 0. The molecule has 3 rings (SSSR count). The summed E-state index contributed by atoms with van der Waals surface area (Å²) < 4.78 is 7.26. The molecular formula is C15H17N5O. The number of fused-ring (bicyclic) bond motifs is 1. The van der Waals surface area contributed by atoms with Crippen LogP contribution in [-0.2, 0) is 0 Å². The lowest BCUT2D eigenvalue weighted by atomic mass is 10.3. The maximum Gasteiger partial charge on any atom is 0.247 e. The minimum Gasteiger partial charge on any atom is -0.492 e. The van der Waals surface area contributed by atoms with Gasteiger partial charge in [0.15, 0.2) is 5.65 Å². The van der Waals surface area contributed by atoms with Crippen molar-refractivity contribution >= 4 is 17.3 Å². The highest BCUT2D eigenvalue weighted by Gasteiger charge is 2.06. The van der Waals surface area contributed by atoms with Crippen molar-refractivity contribution in [1.29, 1.82) is 0 Å². The number of ether oxygens (including phenoxy) is 1. The maximum absolute atomic E-state index is 5.50. The van der Waals surface area contributed by atoms with Gasteiger partial charge in [-0.25, -0.2) is 4.52 Å². The molecule has 108 valence electrons. The van der Waals surface area contributed by atoms with Gasteiger partial charge in [-0.3, -0.25) is 0 Å². The number of hydrogen-bond donors (Lipinski definition) is 2. The van der Waals surface area contributed by atoms with Gasteiger partial charge in [0.25, 0.3) is 0 Å². The number of hydrogen-bond acceptors (Lipinski definition) is 5. The molecule has 2 aromatic heterocycles. The summed E-state index contributed by atoms with van der Waals surface area (Å²) in [6, 6.07) is 11.6. The van der Waals surface area contributed by atoms with Gasteiger partial charge in [-0.15, -0.1) is 5.10 Å². The van der Waals surface area contributed by atoms with Crippen LogP contribution in [0.25, 0.3) is 5.65 Å². The highest BCUT2D eigenvalue weighted by atomic mass is 16.5. The van der Waals surface area contributed by atoms with Crippen LogP contribution in [0.5, 0.6) is 5.75 Å². The highest BCUT2D eigenvalue weighted by molar-refractivity contribution is 5.58. The van der Waals surface area contributed by atoms with Crippen molar-refractivity contribution in [3.8, 4) is 5.75 Å². The van der Waals surface area contributed by atoms with E-state index in [0.29, 0.717) is 19.1 Å².